The van der Waals surface area contributed by atoms with Crippen molar-refractivity contribution in [2.24, 2.45) is 5.73 Å². The highest BCUT2D eigenvalue weighted by Crippen LogP contribution is 2.26. The van der Waals surface area contributed by atoms with Crippen LogP contribution in [0.2, 0.25) is 0 Å². The predicted octanol–water partition coefficient (Wildman–Crippen LogP) is 2.02. The van der Waals surface area contributed by atoms with Crippen LogP contribution in [0.1, 0.15) is 38.0 Å². The van der Waals surface area contributed by atoms with E-state index in [4.69, 9.17) is 5.73 Å². The van der Waals surface area contributed by atoms with E-state index in [1.54, 1.807) is 0 Å². The number of benzene rings is 1. The molecular weight excluding hydrogens is 174 g/mol. The van der Waals surface area contributed by atoms with Crippen LogP contribution in [0.25, 0.3) is 0 Å². The summed E-state index contributed by atoms with van der Waals surface area (Å²) in [6.07, 6.45) is 0.321. The summed E-state index contributed by atoms with van der Waals surface area (Å²) in [5.41, 5.74) is 7.40. The minimum Gasteiger partial charge on any atom is -0.386 e. The molecule has 0 amide bonds. The van der Waals surface area contributed by atoms with Crippen LogP contribution in [0.3, 0.4) is 0 Å². The Morgan fingerprint density at radius 2 is 1.93 bits per heavy atom. The molecule has 1 aromatic rings. The van der Waals surface area contributed by atoms with Crippen LogP contribution < -0.4 is 5.73 Å². The molecule has 0 aliphatic heterocycles. The molecule has 2 heteroatoms. The molecule has 0 saturated heterocycles. The minimum atomic E-state index is -0.598. The van der Waals surface area contributed by atoms with Crippen molar-refractivity contribution in [1.29, 1.82) is 0 Å². The zero-order valence-corrected chi connectivity index (χ0v) is 9.12. The van der Waals surface area contributed by atoms with Gasteiger partial charge in [-0.05, 0) is 31.4 Å². The quantitative estimate of drug-likeness (QED) is 0.771. The maximum atomic E-state index is 10.0. The molecule has 3 N–H and O–H groups in total. The van der Waals surface area contributed by atoms with Gasteiger partial charge in [0.2, 0.25) is 0 Å². The molecule has 2 nitrogen and oxygen atoms in total. The summed E-state index contributed by atoms with van der Waals surface area (Å²) in [5, 5.41) is 10.0. The normalized spacial score (nSPS) is 14.1. The molecule has 0 spiro atoms. The molecular formula is C12H19NO. The average molecular weight is 193 g/mol. The van der Waals surface area contributed by atoms with Gasteiger partial charge in [-0.15, -0.1) is 0 Å². The van der Waals surface area contributed by atoms with Gasteiger partial charge in [0.1, 0.15) is 0 Å². The number of aliphatic hydroxyl groups excluding tert-OH is 1. The van der Waals surface area contributed by atoms with E-state index in [9.17, 15) is 5.11 Å². The average Bonchev–Trinajstić information content (AvgIpc) is 2.15. The second-order valence-electron chi connectivity index (χ2n) is 4.28. The third-order valence-corrected chi connectivity index (χ3v) is 2.44. The Labute approximate surface area is 85.8 Å². The number of nitrogens with two attached hydrogens (primary N) is 1. The highest BCUT2D eigenvalue weighted by Gasteiger charge is 2.25. The topological polar surface area (TPSA) is 46.2 Å². The maximum absolute atomic E-state index is 10.0. The summed E-state index contributed by atoms with van der Waals surface area (Å²) in [7, 11) is 0. The fourth-order valence-corrected chi connectivity index (χ4v) is 1.52. The Kier molecular flexibility index (Phi) is 3.29. The summed E-state index contributed by atoms with van der Waals surface area (Å²) in [4.78, 5) is 0. The van der Waals surface area contributed by atoms with Crippen molar-refractivity contribution in [3.05, 3.63) is 35.4 Å². The lowest BCUT2D eigenvalue weighted by Crippen LogP contribution is -2.39. The van der Waals surface area contributed by atoms with Crippen molar-refractivity contribution < 1.29 is 5.11 Å². The molecule has 0 saturated carbocycles. The van der Waals surface area contributed by atoms with Crippen molar-refractivity contribution in [2.45, 2.75) is 38.8 Å². The van der Waals surface area contributed by atoms with Crippen molar-refractivity contribution in [1.82, 2.24) is 0 Å². The Hall–Kier alpha value is -0.860. The van der Waals surface area contributed by atoms with Crippen molar-refractivity contribution >= 4 is 0 Å². The molecule has 14 heavy (non-hydrogen) atoms. The molecule has 0 heterocycles. The Morgan fingerprint density at radius 1 is 1.36 bits per heavy atom. The van der Waals surface area contributed by atoms with Gasteiger partial charge in [-0.1, -0.05) is 31.2 Å². The van der Waals surface area contributed by atoms with Gasteiger partial charge in [0, 0.05) is 5.54 Å². The van der Waals surface area contributed by atoms with Crippen LogP contribution in [-0.2, 0) is 6.42 Å². The maximum Gasteiger partial charge on any atom is 0.0966 e. The van der Waals surface area contributed by atoms with Gasteiger partial charge in [0.05, 0.1) is 6.10 Å². The van der Waals surface area contributed by atoms with Gasteiger partial charge in [0.25, 0.3) is 0 Å². The molecule has 0 aromatic heterocycles. The molecule has 0 fully saturated rings. The van der Waals surface area contributed by atoms with Crippen molar-refractivity contribution in [3.8, 4) is 0 Å². The van der Waals surface area contributed by atoms with E-state index in [2.05, 4.69) is 6.92 Å². The highest BCUT2D eigenvalue weighted by molar-refractivity contribution is 5.30. The third-order valence-electron chi connectivity index (χ3n) is 2.44. The number of rotatable bonds is 3. The zero-order valence-electron chi connectivity index (χ0n) is 9.12. The van der Waals surface area contributed by atoms with Crippen molar-refractivity contribution in [2.75, 3.05) is 0 Å². The van der Waals surface area contributed by atoms with Crippen LogP contribution in [0, 0.1) is 0 Å². The number of aliphatic hydroxyl groups is 1. The van der Waals surface area contributed by atoms with Crippen LogP contribution in [0.4, 0.5) is 0 Å². The van der Waals surface area contributed by atoms with Crippen LogP contribution in [-0.4, -0.2) is 10.6 Å². The number of hydrogen-bond acceptors (Lipinski definition) is 2. The van der Waals surface area contributed by atoms with E-state index in [0.717, 1.165) is 12.0 Å². The first-order valence-electron chi connectivity index (χ1n) is 5.01. The van der Waals surface area contributed by atoms with E-state index in [1.165, 1.54) is 5.56 Å². The second-order valence-corrected chi connectivity index (χ2v) is 4.28. The Balaban J connectivity index is 3.06. The first-order valence-corrected chi connectivity index (χ1v) is 5.01. The summed E-state index contributed by atoms with van der Waals surface area (Å²) in [5.74, 6) is 0. The van der Waals surface area contributed by atoms with E-state index in [1.807, 2.05) is 38.1 Å². The summed E-state index contributed by atoms with van der Waals surface area (Å²) >= 11 is 0. The molecule has 1 atom stereocenters. The van der Waals surface area contributed by atoms with Crippen molar-refractivity contribution in [3.63, 3.8) is 0 Å². The van der Waals surface area contributed by atoms with E-state index in [0.29, 0.717) is 0 Å². The van der Waals surface area contributed by atoms with Gasteiger partial charge >= 0.3 is 0 Å². The Morgan fingerprint density at radius 3 is 2.43 bits per heavy atom. The van der Waals surface area contributed by atoms with Gasteiger partial charge in [-0.2, -0.15) is 0 Å². The molecule has 0 aliphatic carbocycles. The lowest BCUT2D eigenvalue weighted by Gasteiger charge is -2.27. The van der Waals surface area contributed by atoms with Gasteiger partial charge < -0.3 is 10.8 Å². The largest absolute Gasteiger partial charge is 0.386 e. The minimum absolute atomic E-state index is 0.592. The lowest BCUT2D eigenvalue weighted by molar-refractivity contribution is 0.104. The fourth-order valence-electron chi connectivity index (χ4n) is 1.52. The summed E-state index contributed by atoms with van der Waals surface area (Å²) in [6, 6.07) is 7.89. The van der Waals surface area contributed by atoms with Gasteiger partial charge in [0.15, 0.2) is 0 Å². The standard InChI is InChI=1S/C12H19NO/c1-4-9-7-5-6-8-10(9)11(14)12(2,3)13/h5-8,11,14H,4,13H2,1-3H3. The highest BCUT2D eigenvalue weighted by atomic mass is 16.3. The lowest BCUT2D eigenvalue weighted by atomic mass is 9.89. The Bertz CT molecular complexity index is 301. The van der Waals surface area contributed by atoms with E-state index in [-0.39, 0.29) is 0 Å². The molecule has 0 bridgehead atoms. The number of aryl methyl sites for hydroxylation is 1. The molecule has 1 aromatic carbocycles. The first kappa shape index (κ1) is 11.2. The molecule has 1 rings (SSSR count). The fraction of sp³-hybridized carbons (Fsp3) is 0.500. The molecule has 1 unspecified atom stereocenters. The van der Waals surface area contributed by atoms with Crippen LogP contribution >= 0.6 is 0 Å². The molecule has 78 valence electrons. The van der Waals surface area contributed by atoms with E-state index >= 15 is 0 Å². The van der Waals surface area contributed by atoms with Crippen LogP contribution in [0.15, 0.2) is 24.3 Å². The van der Waals surface area contributed by atoms with Gasteiger partial charge in [-0.25, -0.2) is 0 Å². The monoisotopic (exact) mass is 193 g/mol. The zero-order chi connectivity index (χ0) is 10.8. The summed E-state index contributed by atoms with van der Waals surface area (Å²) in [6.45, 7) is 5.75. The molecule has 0 radical (unpaired) electrons. The van der Waals surface area contributed by atoms with E-state index < -0.39 is 11.6 Å². The predicted molar refractivity (Wildman–Crippen MR) is 59.0 cm³/mol. The first-order chi connectivity index (χ1) is 6.46. The van der Waals surface area contributed by atoms with Gasteiger partial charge in [-0.3, -0.25) is 0 Å². The SMILES string of the molecule is CCc1ccccc1C(O)C(C)(C)N. The smallest absolute Gasteiger partial charge is 0.0966 e. The van der Waals surface area contributed by atoms with Crippen LogP contribution in [0.5, 0.6) is 0 Å². The second kappa shape index (κ2) is 4.11. The molecule has 0 aliphatic rings. The number of hydrogen-bond donors (Lipinski definition) is 2. The summed E-state index contributed by atoms with van der Waals surface area (Å²) < 4.78 is 0. The third kappa shape index (κ3) is 2.34.